The van der Waals surface area contributed by atoms with E-state index in [-0.39, 0.29) is 11.5 Å². The van der Waals surface area contributed by atoms with Crippen LogP contribution in [0.3, 0.4) is 0 Å². The minimum absolute atomic E-state index is 0.0194. The Balaban J connectivity index is 2.34. The van der Waals surface area contributed by atoms with Crippen molar-refractivity contribution in [2.24, 2.45) is 5.92 Å². The van der Waals surface area contributed by atoms with E-state index in [1.165, 1.54) is 0 Å². The molecule has 0 aromatic heterocycles. The summed E-state index contributed by atoms with van der Waals surface area (Å²) in [6.45, 7) is 5.03. The van der Waals surface area contributed by atoms with Crippen LogP contribution in [-0.2, 0) is 0 Å². The number of anilines is 1. The van der Waals surface area contributed by atoms with Crippen molar-refractivity contribution in [1.29, 1.82) is 10.5 Å². The molecule has 86 valence electrons. The van der Waals surface area contributed by atoms with Crippen LogP contribution in [0, 0.1) is 28.6 Å². The Morgan fingerprint density at radius 1 is 1.35 bits per heavy atom. The van der Waals surface area contributed by atoms with Gasteiger partial charge in [-0.05, 0) is 38.5 Å². The number of nitriles is 2. The fraction of sp³-hybridized carbons (Fsp3) is 0.429. The van der Waals surface area contributed by atoms with Crippen LogP contribution < -0.4 is 4.90 Å². The summed E-state index contributed by atoms with van der Waals surface area (Å²) >= 11 is 0. The van der Waals surface area contributed by atoms with Crippen molar-refractivity contribution in [2.75, 3.05) is 11.4 Å². The van der Waals surface area contributed by atoms with Crippen LogP contribution in [0.5, 0.6) is 0 Å². The van der Waals surface area contributed by atoms with Gasteiger partial charge in [-0.3, -0.25) is 0 Å². The highest BCUT2D eigenvalue weighted by molar-refractivity contribution is 5.54. The summed E-state index contributed by atoms with van der Waals surface area (Å²) in [5.41, 5.74) is 1.68. The molecule has 0 spiro atoms. The van der Waals surface area contributed by atoms with E-state index in [4.69, 9.17) is 10.5 Å². The lowest BCUT2D eigenvalue weighted by atomic mass is 9.97. The number of rotatable bonds is 1. The molecule has 0 aliphatic carbocycles. The second kappa shape index (κ2) is 4.11. The van der Waals surface area contributed by atoms with Crippen molar-refractivity contribution in [3.8, 4) is 12.1 Å². The molecule has 1 aliphatic heterocycles. The molecule has 1 aliphatic rings. The molecule has 0 saturated carbocycles. The van der Waals surface area contributed by atoms with Crippen LogP contribution in [0.4, 0.5) is 5.69 Å². The quantitative estimate of drug-likeness (QED) is 0.738. The van der Waals surface area contributed by atoms with Gasteiger partial charge < -0.3 is 4.90 Å². The fourth-order valence-corrected chi connectivity index (χ4v) is 2.53. The first kappa shape index (κ1) is 11.5. The lowest BCUT2D eigenvalue weighted by Gasteiger charge is -2.33. The van der Waals surface area contributed by atoms with E-state index in [0.717, 1.165) is 18.7 Å². The summed E-state index contributed by atoms with van der Waals surface area (Å²) in [6.07, 6.45) is 0.875. The van der Waals surface area contributed by atoms with Crippen LogP contribution in [0.1, 0.15) is 25.8 Å². The molecule has 0 radical (unpaired) electrons. The van der Waals surface area contributed by atoms with Crippen molar-refractivity contribution in [3.63, 3.8) is 0 Å². The van der Waals surface area contributed by atoms with Crippen molar-refractivity contribution in [2.45, 2.75) is 25.8 Å². The lowest BCUT2D eigenvalue weighted by molar-refractivity contribution is 0.503. The third-order valence-corrected chi connectivity index (χ3v) is 3.35. The number of nitrogens with zero attached hydrogens (tertiary/aromatic N) is 3. The van der Waals surface area contributed by atoms with E-state index < -0.39 is 0 Å². The third kappa shape index (κ3) is 2.10. The predicted molar refractivity (Wildman–Crippen MR) is 66.3 cm³/mol. The van der Waals surface area contributed by atoms with Crippen molar-refractivity contribution < 1.29 is 0 Å². The molecule has 1 fully saturated rings. The zero-order valence-corrected chi connectivity index (χ0v) is 10.1. The maximum absolute atomic E-state index is 9.03. The molecule has 17 heavy (non-hydrogen) atoms. The second-order valence-corrected chi connectivity index (χ2v) is 5.12. The first-order valence-electron chi connectivity index (χ1n) is 5.74. The summed E-state index contributed by atoms with van der Waals surface area (Å²) in [4.78, 5) is 2.22. The molecule has 0 bridgehead atoms. The SMILES string of the molecule is CC1(C)CC(C#N)CN1c1cccc(C#N)c1. The van der Waals surface area contributed by atoms with Crippen LogP contribution in [0.2, 0.25) is 0 Å². The fourth-order valence-electron chi connectivity index (χ4n) is 2.53. The molecule has 1 heterocycles. The summed E-state index contributed by atoms with van der Waals surface area (Å²) in [7, 11) is 0. The van der Waals surface area contributed by atoms with Gasteiger partial charge in [0.25, 0.3) is 0 Å². The Labute approximate surface area is 102 Å². The standard InChI is InChI=1S/C14H15N3/c1-14(2)7-12(9-16)10-17(14)13-5-3-4-11(6-13)8-15/h3-6,12H,7,10H2,1-2H3. The largest absolute Gasteiger partial charge is 0.365 e. The maximum Gasteiger partial charge on any atom is 0.0992 e. The van der Waals surface area contributed by atoms with E-state index in [0.29, 0.717) is 5.56 Å². The van der Waals surface area contributed by atoms with Gasteiger partial charge in [0, 0.05) is 17.8 Å². The van der Waals surface area contributed by atoms with Crippen molar-refractivity contribution in [3.05, 3.63) is 29.8 Å². The minimum atomic E-state index is -0.0194. The molecule has 3 nitrogen and oxygen atoms in total. The molecule has 1 unspecified atom stereocenters. The number of benzene rings is 1. The van der Waals surface area contributed by atoms with E-state index in [9.17, 15) is 0 Å². The van der Waals surface area contributed by atoms with E-state index in [1.807, 2.05) is 18.2 Å². The van der Waals surface area contributed by atoms with Crippen molar-refractivity contribution >= 4 is 5.69 Å². The molecular formula is C14H15N3. The normalized spacial score (nSPS) is 21.9. The predicted octanol–water partition coefficient (Wildman–Crippen LogP) is 2.69. The highest BCUT2D eigenvalue weighted by Crippen LogP contribution is 2.36. The number of hydrogen-bond acceptors (Lipinski definition) is 3. The van der Waals surface area contributed by atoms with Gasteiger partial charge in [-0.15, -0.1) is 0 Å². The molecule has 2 rings (SSSR count). The van der Waals surface area contributed by atoms with Gasteiger partial charge in [0.05, 0.1) is 23.6 Å². The van der Waals surface area contributed by atoms with Crippen LogP contribution in [-0.4, -0.2) is 12.1 Å². The van der Waals surface area contributed by atoms with Gasteiger partial charge >= 0.3 is 0 Å². The average Bonchev–Trinajstić information content (AvgIpc) is 2.64. The number of hydrogen-bond donors (Lipinski definition) is 0. The monoisotopic (exact) mass is 225 g/mol. The zero-order valence-electron chi connectivity index (χ0n) is 10.1. The Kier molecular flexibility index (Phi) is 2.77. The minimum Gasteiger partial charge on any atom is -0.365 e. The molecule has 0 amide bonds. The molecule has 1 aromatic rings. The smallest absolute Gasteiger partial charge is 0.0992 e. The van der Waals surface area contributed by atoms with Crippen LogP contribution >= 0.6 is 0 Å². The van der Waals surface area contributed by atoms with Gasteiger partial charge in [0.1, 0.15) is 0 Å². The van der Waals surface area contributed by atoms with Gasteiger partial charge in [-0.1, -0.05) is 6.07 Å². The summed E-state index contributed by atoms with van der Waals surface area (Å²) in [5, 5.41) is 17.9. The van der Waals surface area contributed by atoms with Crippen molar-refractivity contribution in [1.82, 2.24) is 0 Å². The Hall–Kier alpha value is -2.00. The maximum atomic E-state index is 9.03. The van der Waals surface area contributed by atoms with E-state index in [2.05, 4.69) is 30.9 Å². The molecule has 1 atom stereocenters. The van der Waals surface area contributed by atoms with E-state index >= 15 is 0 Å². The molecular weight excluding hydrogens is 210 g/mol. The van der Waals surface area contributed by atoms with Gasteiger partial charge in [-0.2, -0.15) is 10.5 Å². The first-order valence-corrected chi connectivity index (χ1v) is 5.74. The van der Waals surface area contributed by atoms with Gasteiger partial charge in [0.2, 0.25) is 0 Å². The highest BCUT2D eigenvalue weighted by atomic mass is 15.2. The Morgan fingerprint density at radius 3 is 2.71 bits per heavy atom. The Morgan fingerprint density at radius 2 is 2.12 bits per heavy atom. The zero-order chi connectivity index (χ0) is 12.5. The Bertz CT molecular complexity index is 505. The molecule has 1 aromatic carbocycles. The topological polar surface area (TPSA) is 50.8 Å². The van der Waals surface area contributed by atoms with E-state index in [1.54, 1.807) is 6.07 Å². The highest BCUT2D eigenvalue weighted by Gasteiger charge is 2.38. The van der Waals surface area contributed by atoms with Gasteiger partial charge in [-0.25, -0.2) is 0 Å². The second-order valence-electron chi connectivity index (χ2n) is 5.12. The van der Waals surface area contributed by atoms with Crippen LogP contribution in [0.25, 0.3) is 0 Å². The average molecular weight is 225 g/mol. The molecule has 1 saturated heterocycles. The summed E-state index contributed by atoms with van der Waals surface area (Å²) in [5.74, 6) is 0.0794. The molecule has 3 heteroatoms. The first-order chi connectivity index (χ1) is 8.06. The summed E-state index contributed by atoms with van der Waals surface area (Å²) in [6, 6.07) is 12.1. The molecule has 0 N–H and O–H groups in total. The lowest BCUT2D eigenvalue weighted by Crippen LogP contribution is -2.38. The third-order valence-electron chi connectivity index (χ3n) is 3.35. The van der Waals surface area contributed by atoms with Crippen LogP contribution in [0.15, 0.2) is 24.3 Å². The summed E-state index contributed by atoms with van der Waals surface area (Å²) < 4.78 is 0. The van der Waals surface area contributed by atoms with Gasteiger partial charge in [0.15, 0.2) is 0 Å².